The smallest absolute Gasteiger partial charge is 0.295 e. The fourth-order valence-corrected chi connectivity index (χ4v) is 4.93. The molecule has 1 unspecified atom stereocenters. The first-order valence-electron chi connectivity index (χ1n) is 12.0. The van der Waals surface area contributed by atoms with Gasteiger partial charge in [0.2, 0.25) is 0 Å². The van der Waals surface area contributed by atoms with Gasteiger partial charge in [0.15, 0.2) is 0 Å². The van der Waals surface area contributed by atoms with Crippen molar-refractivity contribution in [1.29, 1.82) is 0 Å². The first-order chi connectivity index (χ1) is 17.9. The highest BCUT2D eigenvalue weighted by Crippen LogP contribution is 2.44. The predicted octanol–water partition coefficient (Wildman–Crippen LogP) is 5.16. The van der Waals surface area contributed by atoms with Crippen molar-refractivity contribution in [2.24, 2.45) is 0 Å². The second kappa shape index (κ2) is 9.85. The van der Waals surface area contributed by atoms with Crippen molar-refractivity contribution >= 4 is 28.4 Å². The molecule has 0 aliphatic carbocycles. The topological polar surface area (TPSA) is 91.9 Å². The van der Waals surface area contributed by atoms with Crippen LogP contribution in [0.1, 0.15) is 28.3 Å². The van der Waals surface area contributed by atoms with Crippen LogP contribution in [0.3, 0.4) is 0 Å². The lowest BCUT2D eigenvalue weighted by atomic mass is 9.94. The monoisotopic (exact) mass is 496 g/mol. The van der Waals surface area contributed by atoms with Crippen LogP contribution in [0.4, 0.5) is 0 Å². The molecule has 1 aliphatic rings. The average Bonchev–Trinajstić information content (AvgIpc) is 3.45. The minimum Gasteiger partial charge on any atom is -0.507 e. The molecule has 1 fully saturated rings. The molecule has 0 radical (unpaired) electrons. The van der Waals surface area contributed by atoms with Crippen LogP contribution in [0, 0.1) is 6.92 Å². The lowest BCUT2D eigenvalue weighted by Crippen LogP contribution is -2.31. The fourth-order valence-electron chi connectivity index (χ4n) is 4.93. The van der Waals surface area contributed by atoms with Crippen LogP contribution in [-0.2, 0) is 16.0 Å². The molecule has 0 saturated carbocycles. The largest absolute Gasteiger partial charge is 0.507 e. The van der Waals surface area contributed by atoms with Crippen molar-refractivity contribution in [3.63, 3.8) is 0 Å². The summed E-state index contributed by atoms with van der Waals surface area (Å²) in [6.07, 6.45) is 2.44. The van der Waals surface area contributed by atoms with Gasteiger partial charge < -0.3 is 24.5 Å². The Kier molecular flexibility index (Phi) is 6.44. The van der Waals surface area contributed by atoms with E-state index in [0.29, 0.717) is 29.0 Å². The molecule has 1 aliphatic heterocycles. The number of carbonyl (C=O) groups is 2. The van der Waals surface area contributed by atoms with Gasteiger partial charge in [-0.15, -0.1) is 0 Å². The van der Waals surface area contributed by atoms with E-state index in [1.165, 1.54) is 12.0 Å². The van der Waals surface area contributed by atoms with E-state index < -0.39 is 17.7 Å². The molecule has 7 heteroatoms. The summed E-state index contributed by atoms with van der Waals surface area (Å²) in [5.41, 5.74) is 4.11. The van der Waals surface area contributed by atoms with Gasteiger partial charge in [-0.2, -0.15) is 0 Å². The van der Waals surface area contributed by atoms with E-state index in [1.54, 1.807) is 37.4 Å². The van der Waals surface area contributed by atoms with E-state index in [-0.39, 0.29) is 17.9 Å². The number of Topliss-reactive ketones (excluding diaryl/α,β-unsaturated/α-hetero) is 1. The number of rotatable bonds is 7. The zero-order chi connectivity index (χ0) is 26.1. The van der Waals surface area contributed by atoms with Crippen molar-refractivity contribution in [3.8, 4) is 11.5 Å². The van der Waals surface area contributed by atoms with E-state index in [2.05, 4.69) is 4.98 Å². The number of aromatic amines is 1. The van der Waals surface area contributed by atoms with Crippen LogP contribution in [-0.4, -0.2) is 47.4 Å². The zero-order valence-corrected chi connectivity index (χ0v) is 20.9. The van der Waals surface area contributed by atoms with Crippen LogP contribution < -0.4 is 9.47 Å². The number of aromatic nitrogens is 1. The Labute approximate surface area is 214 Å². The summed E-state index contributed by atoms with van der Waals surface area (Å²) in [6.45, 7) is 2.21. The lowest BCUT2D eigenvalue weighted by molar-refractivity contribution is -0.139. The number of aryl methyl sites for hydroxylation is 1. The van der Waals surface area contributed by atoms with Gasteiger partial charge in [0.05, 0.1) is 25.8 Å². The average molecular weight is 497 g/mol. The molecule has 0 bridgehead atoms. The number of aliphatic hydroxyl groups is 1. The third-order valence-corrected chi connectivity index (χ3v) is 6.89. The molecule has 37 heavy (non-hydrogen) atoms. The minimum atomic E-state index is -0.850. The fraction of sp³-hybridized carbons (Fsp3) is 0.200. The molecule has 2 N–H and O–H groups in total. The molecule has 7 nitrogen and oxygen atoms in total. The molecule has 0 spiro atoms. The number of methoxy groups -OCH3 is 2. The summed E-state index contributed by atoms with van der Waals surface area (Å²) in [6, 6.07) is 19.5. The molecule has 1 amide bonds. The maximum atomic E-state index is 13.4. The number of nitrogens with one attached hydrogen (secondary N) is 1. The highest BCUT2D eigenvalue weighted by molar-refractivity contribution is 6.46. The molecule has 1 atom stereocenters. The molecule has 2 heterocycles. The van der Waals surface area contributed by atoms with Gasteiger partial charge in [0, 0.05) is 34.8 Å². The second-order valence-electron chi connectivity index (χ2n) is 9.08. The summed E-state index contributed by atoms with van der Waals surface area (Å²) >= 11 is 0. The Balaban J connectivity index is 1.63. The maximum Gasteiger partial charge on any atom is 0.295 e. The Morgan fingerprint density at radius 2 is 1.76 bits per heavy atom. The number of ether oxygens (including phenoxy) is 2. The van der Waals surface area contributed by atoms with Crippen LogP contribution in [0.15, 0.2) is 78.5 Å². The van der Waals surface area contributed by atoms with Crippen molar-refractivity contribution < 1.29 is 24.2 Å². The number of fused-ring (bicyclic) bond motifs is 1. The van der Waals surface area contributed by atoms with E-state index in [4.69, 9.17) is 9.47 Å². The van der Waals surface area contributed by atoms with Gasteiger partial charge in [0.1, 0.15) is 17.3 Å². The number of carbonyl (C=O) groups excluding carboxylic acids is 2. The molecular formula is C30H28N2O5. The van der Waals surface area contributed by atoms with Gasteiger partial charge in [-0.05, 0) is 43.2 Å². The first-order valence-corrected chi connectivity index (χ1v) is 12.0. The number of amides is 1. The summed E-state index contributed by atoms with van der Waals surface area (Å²) in [5.74, 6) is -0.578. The van der Waals surface area contributed by atoms with Crippen molar-refractivity contribution in [3.05, 3.63) is 101 Å². The number of ketones is 1. The van der Waals surface area contributed by atoms with Crippen molar-refractivity contribution in [1.82, 2.24) is 9.88 Å². The van der Waals surface area contributed by atoms with Gasteiger partial charge in [-0.25, -0.2) is 0 Å². The number of para-hydroxylation sites is 1. The zero-order valence-electron chi connectivity index (χ0n) is 20.9. The lowest BCUT2D eigenvalue weighted by Gasteiger charge is -2.27. The predicted molar refractivity (Wildman–Crippen MR) is 142 cm³/mol. The second-order valence-corrected chi connectivity index (χ2v) is 9.08. The van der Waals surface area contributed by atoms with Crippen molar-refractivity contribution in [2.45, 2.75) is 19.4 Å². The van der Waals surface area contributed by atoms with Crippen molar-refractivity contribution in [2.75, 3.05) is 20.8 Å². The highest BCUT2D eigenvalue weighted by atomic mass is 16.5. The molecule has 5 rings (SSSR count). The van der Waals surface area contributed by atoms with Gasteiger partial charge in [-0.3, -0.25) is 9.59 Å². The third-order valence-electron chi connectivity index (χ3n) is 6.89. The summed E-state index contributed by atoms with van der Waals surface area (Å²) in [7, 11) is 3.08. The van der Waals surface area contributed by atoms with Gasteiger partial charge in [-0.1, -0.05) is 48.0 Å². The number of likely N-dealkylation sites (tertiary alicyclic amines) is 1. The summed E-state index contributed by atoms with van der Waals surface area (Å²) in [5, 5.41) is 12.4. The number of hydrogen-bond donors (Lipinski definition) is 2. The number of benzene rings is 3. The molecule has 4 aromatic rings. The van der Waals surface area contributed by atoms with Crippen LogP contribution >= 0.6 is 0 Å². The van der Waals surface area contributed by atoms with E-state index >= 15 is 0 Å². The molecular weight excluding hydrogens is 468 g/mol. The van der Waals surface area contributed by atoms with Gasteiger partial charge in [0.25, 0.3) is 11.7 Å². The molecule has 3 aromatic carbocycles. The standard InChI is InChI=1S/C30H28N2O5/c1-18-8-10-19(11-9-18)28(33)26-27(23-16-21(36-2)12-13-25(23)37-3)32(30(35)29(26)34)15-14-20-17-31-24-7-5-4-6-22(20)24/h4-13,16-17,27,31,33H,14-15H2,1-3H3. The first kappa shape index (κ1) is 24.2. The third kappa shape index (κ3) is 4.33. The SMILES string of the molecule is COc1ccc(OC)c(C2C(=C(O)c3ccc(C)cc3)C(=O)C(=O)N2CCc2c[nH]c3ccccc23)c1. The molecule has 1 saturated heterocycles. The summed E-state index contributed by atoms with van der Waals surface area (Å²) < 4.78 is 11.1. The number of nitrogens with zero attached hydrogens (tertiary/aromatic N) is 1. The number of hydrogen-bond acceptors (Lipinski definition) is 5. The van der Waals surface area contributed by atoms with Crippen LogP contribution in [0.2, 0.25) is 0 Å². The Morgan fingerprint density at radius 3 is 2.49 bits per heavy atom. The quantitative estimate of drug-likeness (QED) is 0.210. The van der Waals surface area contributed by atoms with Crippen LogP contribution in [0.25, 0.3) is 16.7 Å². The minimum absolute atomic E-state index is 0.0272. The summed E-state index contributed by atoms with van der Waals surface area (Å²) in [4.78, 5) is 31.6. The molecule has 188 valence electrons. The highest BCUT2D eigenvalue weighted by Gasteiger charge is 2.47. The van der Waals surface area contributed by atoms with Crippen LogP contribution in [0.5, 0.6) is 11.5 Å². The normalized spacial score (nSPS) is 16.9. The maximum absolute atomic E-state index is 13.4. The Hall–Kier alpha value is -4.52. The van der Waals surface area contributed by atoms with Gasteiger partial charge >= 0.3 is 0 Å². The molecule has 1 aromatic heterocycles. The van der Waals surface area contributed by atoms with E-state index in [0.717, 1.165) is 22.0 Å². The number of H-pyrrole nitrogens is 1. The Morgan fingerprint density at radius 1 is 1.00 bits per heavy atom. The number of aliphatic hydroxyl groups excluding tert-OH is 1. The Bertz CT molecular complexity index is 1520. The van der Waals surface area contributed by atoms with E-state index in [1.807, 2.05) is 49.5 Å². The van der Waals surface area contributed by atoms with E-state index in [9.17, 15) is 14.7 Å².